The smallest absolute Gasteiger partial charge is 0.0354 e. The Morgan fingerprint density at radius 3 is 2.32 bits per heavy atom. The molecule has 0 saturated carbocycles. The van der Waals surface area contributed by atoms with Gasteiger partial charge in [0.2, 0.25) is 0 Å². The third kappa shape index (κ3) is 4.03. The number of hydrogen-bond donors (Lipinski definition) is 1. The maximum absolute atomic E-state index is 3.71. The highest BCUT2D eigenvalue weighted by molar-refractivity contribution is 9.10. The third-order valence-electron chi connectivity index (χ3n) is 4.24. The molecule has 0 aliphatic carbocycles. The third-order valence-corrected chi connectivity index (χ3v) is 5.96. The molecule has 19 heavy (non-hydrogen) atoms. The monoisotopic (exact) mass is 346 g/mol. The zero-order chi connectivity index (χ0) is 14.5. The molecule has 1 N–H and O–H groups in total. The number of likely N-dealkylation sites (N-methyl/N-ethyl adjacent to an activating group) is 2. The molecule has 0 bridgehead atoms. The minimum Gasteiger partial charge on any atom is -0.312 e. The first-order valence-corrected chi connectivity index (χ1v) is 8.81. The van der Waals surface area contributed by atoms with E-state index in [2.05, 4.69) is 72.5 Å². The van der Waals surface area contributed by atoms with E-state index in [0.29, 0.717) is 6.04 Å². The van der Waals surface area contributed by atoms with E-state index in [0.717, 1.165) is 13.0 Å². The van der Waals surface area contributed by atoms with Crippen LogP contribution in [-0.2, 0) is 6.42 Å². The van der Waals surface area contributed by atoms with Crippen LogP contribution in [0.4, 0.5) is 0 Å². The maximum atomic E-state index is 3.71. The van der Waals surface area contributed by atoms with Gasteiger partial charge in [0.25, 0.3) is 0 Å². The molecule has 110 valence electrons. The fraction of sp³-hybridized carbons (Fsp3) is 0.733. The summed E-state index contributed by atoms with van der Waals surface area (Å²) in [7, 11) is 4.42. The number of nitrogens with zero attached hydrogens (tertiary/aromatic N) is 1. The van der Waals surface area contributed by atoms with E-state index < -0.39 is 0 Å². The van der Waals surface area contributed by atoms with Gasteiger partial charge in [-0.25, -0.2) is 0 Å². The lowest BCUT2D eigenvalue weighted by atomic mass is 9.81. The number of nitrogens with one attached hydrogen (secondary N) is 1. The second-order valence-corrected chi connectivity index (χ2v) is 7.16. The summed E-state index contributed by atoms with van der Waals surface area (Å²) < 4.78 is 1.20. The van der Waals surface area contributed by atoms with E-state index in [4.69, 9.17) is 0 Å². The van der Waals surface area contributed by atoms with Crippen molar-refractivity contribution in [3.63, 3.8) is 0 Å². The van der Waals surface area contributed by atoms with E-state index in [9.17, 15) is 0 Å². The molecule has 2 nitrogen and oxygen atoms in total. The van der Waals surface area contributed by atoms with Crippen LogP contribution in [0.5, 0.6) is 0 Å². The van der Waals surface area contributed by atoms with Crippen molar-refractivity contribution in [2.75, 3.05) is 20.6 Å². The lowest BCUT2D eigenvalue weighted by molar-refractivity contribution is 0.0893. The van der Waals surface area contributed by atoms with Gasteiger partial charge in [0.05, 0.1) is 0 Å². The Hall–Kier alpha value is 0.1000. The van der Waals surface area contributed by atoms with Gasteiger partial charge in [-0.1, -0.05) is 20.8 Å². The summed E-state index contributed by atoms with van der Waals surface area (Å²) >= 11 is 5.40. The molecule has 0 aliphatic heterocycles. The highest BCUT2D eigenvalue weighted by Gasteiger charge is 2.37. The normalized spacial score (nSPS) is 14.1. The molecule has 1 aromatic heterocycles. The van der Waals surface area contributed by atoms with Crippen molar-refractivity contribution in [3.8, 4) is 0 Å². The summed E-state index contributed by atoms with van der Waals surface area (Å²) in [5, 5.41) is 5.89. The zero-order valence-corrected chi connectivity index (χ0v) is 15.2. The van der Waals surface area contributed by atoms with Gasteiger partial charge in [-0.2, -0.15) is 0 Å². The van der Waals surface area contributed by atoms with Gasteiger partial charge < -0.3 is 10.2 Å². The summed E-state index contributed by atoms with van der Waals surface area (Å²) in [5.41, 5.74) is 0.229. The molecule has 0 fully saturated rings. The van der Waals surface area contributed by atoms with E-state index in [1.54, 1.807) is 0 Å². The minimum absolute atomic E-state index is 0.229. The van der Waals surface area contributed by atoms with Crippen LogP contribution in [0.3, 0.4) is 0 Å². The Bertz CT molecular complexity index is 372. The minimum atomic E-state index is 0.229. The topological polar surface area (TPSA) is 15.3 Å². The van der Waals surface area contributed by atoms with Crippen molar-refractivity contribution in [1.29, 1.82) is 0 Å². The highest BCUT2D eigenvalue weighted by Crippen LogP contribution is 2.30. The van der Waals surface area contributed by atoms with Crippen LogP contribution < -0.4 is 5.32 Å². The Morgan fingerprint density at radius 1 is 1.32 bits per heavy atom. The van der Waals surface area contributed by atoms with Crippen LogP contribution in [0.2, 0.25) is 0 Å². The SMILES string of the molecule is CCNC(Cc1cc(Br)cs1)C(CC)(CC)N(C)C. The summed E-state index contributed by atoms with van der Waals surface area (Å²) in [6.45, 7) is 7.83. The van der Waals surface area contributed by atoms with Crippen LogP contribution in [0, 0.1) is 0 Å². The average molecular weight is 347 g/mol. The molecule has 1 atom stereocenters. The lowest BCUT2D eigenvalue weighted by Gasteiger charge is -2.45. The van der Waals surface area contributed by atoms with E-state index >= 15 is 0 Å². The van der Waals surface area contributed by atoms with Crippen LogP contribution in [0.15, 0.2) is 15.9 Å². The Labute approximate surface area is 130 Å². The Kier molecular flexibility index (Phi) is 7.01. The molecule has 1 heterocycles. The lowest BCUT2D eigenvalue weighted by Crippen LogP contribution is -2.59. The number of hydrogen-bond acceptors (Lipinski definition) is 3. The molecule has 0 aliphatic rings. The molecule has 4 heteroatoms. The summed E-state index contributed by atoms with van der Waals surface area (Å²) in [6.07, 6.45) is 3.44. The summed E-state index contributed by atoms with van der Waals surface area (Å²) in [4.78, 5) is 3.86. The fourth-order valence-electron chi connectivity index (χ4n) is 3.05. The van der Waals surface area contributed by atoms with Crippen LogP contribution in [0.25, 0.3) is 0 Å². The van der Waals surface area contributed by atoms with Crippen molar-refractivity contribution >= 4 is 27.3 Å². The molecule has 0 radical (unpaired) electrons. The Morgan fingerprint density at radius 2 is 1.95 bits per heavy atom. The van der Waals surface area contributed by atoms with Crippen molar-refractivity contribution in [1.82, 2.24) is 10.2 Å². The van der Waals surface area contributed by atoms with Gasteiger partial charge in [-0.05, 0) is 61.9 Å². The van der Waals surface area contributed by atoms with Crippen LogP contribution in [0.1, 0.15) is 38.5 Å². The zero-order valence-electron chi connectivity index (χ0n) is 12.8. The number of thiophene rings is 1. The van der Waals surface area contributed by atoms with Crippen molar-refractivity contribution in [2.24, 2.45) is 0 Å². The molecule has 1 rings (SSSR count). The molecular formula is C15H27BrN2S. The van der Waals surface area contributed by atoms with E-state index in [1.165, 1.54) is 22.2 Å². The van der Waals surface area contributed by atoms with Gasteiger partial charge in [-0.3, -0.25) is 0 Å². The van der Waals surface area contributed by atoms with Crippen molar-refractivity contribution in [2.45, 2.75) is 51.6 Å². The molecular weight excluding hydrogens is 320 g/mol. The molecule has 0 amide bonds. The predicted octanol–water partition coefficient (Wildman–Crippen LogP) is 4.15. The standard InChI is InChI=1S/C15H27BrN2S/c1-6-15(7-2,18(4)5)14(17-8-3)10-13-9-12(16)11-19-13/h9,11,14,17H,6-8,10H2,1-5H3. The number of halogens is 1. The second-order valence-electron chi connectivity index (χ2n) is 5.25. The summed E-state index contributed by atoms with van der Waals surface area (Å²) in [6, 6.07) is 2.74. The van der Waals surface area contributed by atoms with E-state index in [-0.39, 0.29) is 5.54 Å². The highest BCUT2D eigenvalue weighted by atomic mass is 79.9. The maximum Gasteiger partial charge on any atom is 0.0354 e. The molecule has 1 unspecified atom stereocenters. The first-order valence-electron chi connectivity index (χ1n) is 7.13. The largest absolute Gasteiger partial charge is 0.312 e. The van der Waals surface area contributed by atoms with Crippen molar-refractivity contribution < 1.29 is 0 Å². The molecule has 0 spiro atoms. The Balaban J connectivity index is 2.96. The molecule has 0 saturated heterocycles. The van der Waals surface area contributed by atoms with E-state index in [1.807, 2.05) is 11.3 Å². The van der Waals surface area contributed by atoms with Crippen LogP contribution in [-0.4, -0.2) is 37.1 Å². The predicted molar refractivity (Wildman–Crippen MR) is 90.2 cm³/mol. The van der Waals surface area contributed by atoms with Gasteiger partial charge in [0.1, 0.15) is 0 Å². The second kappa shape index (κ2) is 7.77. The first-order chi connectivity index (χ1) is 9.00. The van der Waals surface area contributed by atoms with Gasteiger partial charge in [-0.15, -0.1) is 11.3 Å². The molecule has 0 aromatic carbocycles. The van der Waals surface area contributed by atoms with Gasteiger partial charge in [0.15, 0.2) is 0 Å². The van der Waals surface area contributed by atoms with Gasteiger partial charge in [0, 0.05) is 26.3 Å². The van der Waals surface area contributed by atoms with Crippen LogP contribution >= 0.6 is 27.3 Å². The quantitative estimate of drug-likeness (QED) is 0.760. The molecule has 1 aromatic rings. The number of rotatable bonds is 8. The summed E-state index contributed by atoms with van der Waals surface area (Å²) in [5.74, 6) is 0. The average Bonchev–Trinajstić information content (AvgIpc) is 2.77. The fourth-order valence-corrected chi connectivity index (χ4v) is 4.55. The first kappa shape index (κ1) is 17.2. The van der Waals surface area contributed by atoms with Gasteiger partial charge >= 0.3 is 0 Å². The van der Waals surface area contributed by atoms with Crippen molar-refractivity contribution in [3.05, 3.63) is 20.8 Å².